The van der Waals surface area contributed by atoms with Crippen LogP contribution >= 0.6 is 0 Å². The molecule has 1 aromatic rings. The van der Waals surface area contributed by atoms with Gasteiger partial charge in [0.1, 0.15) is 0 Å². The van der Waals surface area contributed by atoms with Crippen LogP contribution in [0, 0.1) is 0 Å². The van der Waals surface area contributed by atoms with Crippen LogP contribution in [0.3, 0.4) is 0 Å². The standard InChI is InChI=1S/C19H33N5O/c1-20-19(21-10-6-12-25-18-7-4-3-5-8-18)24-11-9-16(15-24)17-13-22-23(2)14-17/h13-14,16,18H,3-12,15H2,1-2H3,(H,20,21). The van der Waals surface area contributed by atoms with E-state index < -0.39 is 0 Å². The van der Waals surface area contributed by atoms with Gasteiger partial charge >= 0.3 is 0 Å². The Kier molecular flexibility index (Phi) is 6.73. The minimum absolute atomic E-state index is 0.506. The molecule has 0 radical (unpaired) electrons. The number of guanidine groups is 1. The van der Waals surface area contributed by atoms with E-state index in [1.165, 1.54) is 37.7 Å². The number of aliphatic imine (C=N–C) groups is 1. The summed E-state index contributed by atoms with van der Waals surface area (Å²) < 4.78 is 7.88. The maximum absolute atomic E-state index is 6.00. The molecular formula is C19H33N5O. The van der Waals surface area contributed by atoms with Crippen molar-refractivity contribution in [1.29, 1.82) is 0 Å². The largest absolute Gasteiger partial charge is 0.378 e. The number of hydrogen-bond donors (Lipinski definition) is 1. The predicted molar refractivity (Wildman–Crippen MR) is 101 cm³/mol. The van der Waals surface area contributed by atoms with E-state index in [4.69, 9.17) is 4.74 Å². The second-order valence-corrected chi connectivity index (χ2v) is 7.34. The maximum Gasteiger partial charge on any atom is 0.193 e. The lowest BCUT2D eigenvalue weighted by Crippen LogP contribution is -2.40. The molecule has 1 aliphatic carbocycles. The molecule has 1 saturated heterocycles. The number of nitrogens with one attached hydrogen (secondary N) is 1. The summed E-state index contributed by atoms with van der Waals surface area (Å²) in [5.41, 5.74) is 1.33. The van der Waals surface area contributed by atoms with Gasteiger partial charge in [-0.15, -0.1) is 0 Å². The molecule has 3 rings (SSSR count). The highest BCUT2D eigenvalue weighted by Crippen LogP contribution is 2.26. The number of rotatable bonds is 6. The average Bonchev–Trinajstić information content (AvgIpc) is 3.28. The summed E-state index contributed by atoms with van der Waals surface area (Å²) >= 11 is 0. The lowest BCUT2D eigenvalue weighted by molar-refractivity contribution is 0.0276. The molecule has 1 unspecified atom stereocenters. The Hall–Kier alpha value is -1.56. The van der Waals surface area contributed by atoms with Crippen LogP contribution in [0.1, 0.15) is 56.4 Å². The maximum atomic E-state index is 6.00. The molecule has 2 aliphatic rings. The first-order chi connectivity index (χ1) is 12.3. The van der Waals surface area contributed by atoms with E-state index in [-0.39, 0.29) is 0 Å². The number of aromatic nitrogens is 2. The van der Waals surface area contributed by atoms with E-state index in [0.717, 1.165) is 45.0 Å². The number of hydrogen-bond acceptors (Lipinski definition) is 3. The molecule has 1 N–H and O–H groups in total. The van der Waals surface area contributed by atoms with E-state index >= 15 is 0 Å². The van der Waals surface area contributed by atoms with Crippen LogP contribution in [0.5, 0.6) is 0 Å². The average molecular weight is 348 g/mol. The summed E-state index contributed by atoms with van der Waals surface area (Å²) in [6.07, 6.45) is 13.4. The van der Waals surface area contributed by atoms with Crippen LogP contribution in [0.2, 0.25) is 0 Å². The summed E-state index contributed by atoms with van der Waals surface area (Å²) in [5, 5.41) is 7.80. The molecule has 1 aromatic heterocycles. The van der Waals surface area contributed by atoms with Crippen LogP contribution in [-0.4, -0.2) is 60.0 Å². The third kappa shape index (κ3) is 5.21. The first kappa shape index (κ1) is 18.2. The molecule has 0 bridgehead atoms. The molecule has 6 heteroatoms. The van der Waals surface area contributed by atoms with Crippen LogP contribution in [-0.2, 0) is 11.8 Å². The zero-order valence-electron chi connectivity index (χ0n) is 15.8. The molecule has 0 spiro atoms. The van der Waals surface area contributed by atoms with E-state index in [0.29, 0.717) is 12.0 Å². The zero-order chi connectivity index (χ0) is 17.5. The van der Waals surface area contributed by atoms with Crippen LogP contribution in [0.15, 0.2) is 17.4 Å². The van der Waals surface area contributed by atoms with E-state index in [1.54, 1.807) is 0 Å². The summed E-state index contributed by atoms with van der Waals surface area (Å²) in [6.45, 7) is 3.85. The van der Waals surface area contributed by atoms with Crippen molar-refractivity contribution in [3.05, 3.63) is 18.0 Å². The number of aryl methyl sites for hydroxylation is 1. The second kappa shape index (κ2) is 9.22. The Balaban J connectivity index is 1.35. The minimum Gasteiger partial charge on any atom is -0.378 e. The van der Waals surface area contributed by atoms with Crippen molar-refractivity contribution in [3.63, 3.8) is 0 Å². The van der Waals surface area contributed by atoms with Gasteiger partial charge in [0.15, 0.2) is 5.96 Å². The summed E-state index contributed by atoms with van der Waals surface area (Å²) in [6, 6.07) is 0. The Labute approximate surface area is 151 Å². The summed E-state index contributed by atoms with van der Waals surface area (Å²) in [4.78, 5) is 6.82. The Morgan fingerprint density at radius 1 is 1.32 bits per heavy atom. The summed E-state index contributed by atoms with van der Waals surface area (Å²) in [5.74, 6) is 1.57. The molecule has 1 saturated carbocycles. The molecule has 2 heterocycles. The Bertz CT molecular complexity index is 550. The SMILES string of the molecule is CN=C(NCCCOC1CCCCC1)N1CCC(c2cnn(C)c2)C1. The van der Waals surface area contributed by atoms with Gasteiger partial charge in [0.2, 0.25) is 0 Å². The molecule has 1 aliphatic heterocycles. The van der Waals surface area contributed by atoms with Crippen molar-refractivity contribution >= 4 is 5.96 Å². The van der Waals surface area contributed by atoms with Crippen molar-refractivity contribution in [3.8, 4) is 0 Å². The lowest BCUT2D eigenvalue weighted by Gasteiger charge is -2.23. The normalized spacial score (nSPS) is 22.6. The van der Waals surface area contributed by atoms with E-state index in [1.807, 2.05) is 25.0 Å². The fraction of sp³-hybridized carbons (Fsp3) is 0.789. The number of nitrogens with zero attached hydrogens (tertiary/aromatic N) is 4. The Morgan fingerprint density at radius 3 is 2.88 bits per heavy atom. The van der Waals surface area contributed by atoms with Gasteiger partial charge in [-0.05, 0) is 31.2 Å². The van der Waals surface area contributed by atoms with Gasteiger partial charge in [-0.25, -0.2) is 0 Å². The molecule has 0 amide bonds. The fourth-order valence-electron chi connectivity index (χ4n) is 3.96. The van der Waals surface area contributed by atoms with Gasteiger partial charge < -0.3 is 15.0 Å². The highest BCUT2D eigenvalue weighted by atomic mass is 16.5. The lowest BCUT2D eigenvalue weighted by atomic mass is 9.98. The minimum atomic E-state index is 0.506. The molecule has 1 atom stereocenters. The van der Waals surface area contributed by atoms with Gasteiger partial charge in [-0.3, -0.25) is 9.67 Å². The van der Waals surface area contributed by atoms with Gasteiger partial charge in [0, 0.05) is 52.5 Å². The van der Waals surface area contributed by atoms with Gasteiger partial charge in [0.25, 0.3) is 0 Å². The monoisotopic (exact) mass is 347 g/mol. The van der Waals surface area contributed by atoms with Crippen molar-refractivity contribution in [2.24, 2.45) is 12.0 Å². The zero-order valence-corrected chi connectivity index (χ0v) is 15.8. The Morgan fingerprint density at radius 2 is 2.16 bits per heavy atom. The smallest absolute Gasteiger partial charge is 0.193 e. The number of ether oxygens (including phenoxy) is 1. The molecule has 0 aromatic carbocycles. The second-order valence-electron chi connectivity index (χ2n) is 7.34. The number of likely N-dealkylation sites (tertiary alicyclic amines) is 1. The van der Waals surface area contributed by atoms with Gasteiger partial charge in [0.05, 0.1) is 12.3 Å². The van der Waals surface area contributed by atoms with Crippen molar-refractivity contribution < 1.29 is 4.74 Å². The van der Waals surface area contributed by atoms with Crippen molar-refractivity contribution in [1.82, 2.24) is 20.0 Å². The molecule has 6 nitrogen and oxygen atoms in total. The van der Waals surface area contributed by atoms with Crippen LogP contribution < -0.4 is 5.32 Å². The first-order valence-corrected chi connectivity index (χ1v) is 9.82. The van der Waals surface area contributed by atoms with E-state index in [2.05, 4.69) is 26.5 Å². The van der Waals surface area contributed by atoms with Crippen LogP contribution in [0.4, 0.5) is 0 Å². The van der Waals surface area contributed by atoms with Gasteiger partial charge in [-0.2, -0.15) is 5.10 Å². The fourth-order valence-corrected chi connectivity index (χ4v) is 3.96. The summed E-state index contributed by atoms with van der Waals surface area (Å²) in [7, 11) is 3.85. The molecule has 2 fully saturated rings. The first-order valence-electron chi connectivity index (χ1n) is 9.82. The third-order valence-electron chi connectivity index (χ3n) is 5.41. The van der Waals surface area contributed by atoms with Crippen molar-refractivity contribution in [2.75, 3.05) is 33.3 Å². The highest BCUT2D eigenvalue weighted by Gasteiger charge is 2.26. The predicted octanol–water partition coefficient (Wildman–Crippen LogP) is 2.52. The topological polar surface area (TPSA) is 54.7 Å². The van der Waals surface area contributed by atoms with E-state index in [9.17, 15) is 0 Å². The van der Waals surface area contributed by atoms with Crippen molar-refractivity contribution in [2.45, 2.75) is 57.0 Å². The quantitative estimate of drug-likeness (QED) is 0.488. The molecule has 140 valence electrons. The van der Waals surface area contributed by atoms with Crippen LogP contribution in [0.25, 0.3) is 0 Å². The highest BCUT2D eigenvalue weighted by molar-refractivity contribution is 5.80. The third-order valence-corrected chi connectivity index (χ3v) is 5.41. The van der Waals surface area contributed by atoms with Gasteiger partial charge in [-0.1, -0.05) is 19.3 Å². The molecular weight excluding hydrogens is 314 g/mol. The molecule has 25 heavy (non-hydrogen) atoms.